The number of ether oxygens (including phenoxy) is 1. The largest absolute Gasteiger partial charge is 0.450 e. The molecular formula is C12H13F3N2O3. The Morgan fingerprint density at radius 1 is 1.25 bits per heavy atom. The number of halogens is 3. The van der Waals surface area contributed by atoms with Crippen molar-refractivity contribution in [1.29, 1.82) is 0 Å². The van der Waals surface area contributed by atoms with Crippen LogP contribution in [-0.2, 0) is 15.7 Å². The van der Waals surface area contributed by atoms with Crippen LogP contribution in [0.3, 0.4) is 0 Å². The van der Waals surface area contributed by atoms with E-state index in [1.54, 1.807) is 6.92 Å². The number of carbonyl (C=O) groups excluding carboxylic acids is 2. The Hall–Kier alpha value is -2.25. The zero-order valence-corrected chi connectivity index (χ0v) is 10.6. The predicted molar refractivity (Wildman–Crippen MR) is 65.1 cm³/mol. The van der Waals surface area contributed by atoms with Crippen LogP contribution < -0.4 is 10.6 Å². The Morgan fingerprint density at radius 3 is 2.50 bits per heavy atom. The number of para-hydroxylation sites is 1. The van der Waals surface area contributed by atoms with Gasteiger partial charge in [0, 0.05) is 0 Å². The maximum atomic E-state index is 12.7. The molecule has 0 bridgehead atoms. The zero-order chi connectivity index (χ0) is 15.2. The Balaban J connectivity index is 2.65. The lowest BCUT2D eigenvalue weighted by molar-refractivity contribution is -0.137. The fourth-order valence-corrected chi connectivity index (χ4v) is 1.37. The maximum Gasteiger partial charge on any atom is 0.418 e. The Morgan fingerprint density at radius 2 is 1.90 bits per heavy atom. The molecule has 0 saturated heterocycles. The van der Waals surface area contributed by atoms with Crippen LogP contribution in [0.2, 0.25) is 0 Å². The van der Waals surface area contributed by atoms with E-state index in [0.717, 1.165) is 12.1 Å². The highest BCUT2D eigenvalue weighted by Crippen LogP contribution is 2.34. The monoisotopic (exact) mass is 290 g/mol. The summed E-state index contributed by atoms with van der Waals surface area (Å²) in [4.78, 5) is 22.4. The second-order valence-electron chi connectivity index (χ2n) is 3.67. The van der Waals surface area contributed by atoms with Crippen LogP contribution >= 0.6 is 0 Å². The first kappa shape index (κ1) is 15.8. The third kappa shape index (κ3) is 4.79. The van der Waals surface area contributed by atoms with E-state index < -0.39 is 30.3 Å². The first-order chi connectivity index (χ1) is 9.34. The fourth-order valence-electron chi connectivity index (χ4n) is 1.37. The van der Waals surface area contributed by atoms with Gasteiger partial charge in [-0.15, -0.1) is 0 Å². The van der Waals surface area contributed by atoms with Gasteiger partial charge in [-0.3, -0.25) is 4.79 Å². The molecule has 0 aromatic heterocycles. The first-order valence-corrected chi connectivity index (χ1v) is 5.71. The summed E-state index contributed by atoms with van der Waals surface area (Å²) >= 11 is 0. The summed E-state index contributed by atoms with van der Waals surface area (Å²) in [5.41, 5.74) is -1.32. The minimum absolute atomic E-state index is 0.129. The van der Waals surface area contributed by atoms with Crippen molar-refractivity contribution in [3.63, 3.8) is 0 Å². The van der Waals surface area contributed by atoms with Gasteiger partial charge in [-0.1, -0.05) is 12.1 Å². The summed E-state index contributed by atoms with van der Waals surface area (Å²) in [6, 6.07) is 4.57. The van der Waals surface area contributed by atoms with Crippen molar-refractivity contribution in [3.05, 3.63) is 29.8 Å². The number of anilines is 1. The van der Waals surface area contributed by atoms with Crippen molar-refractivity contribution in [2.24, 2.45) is 0 Å². The van der Waals surface area contributed by atoms with Crippen LogP contribution in [0, 0.1) is 0 Å². The first-order valence-electron chi connectivity index (χ1n) is 5.71. The number of carbonyl (C=O) groups is 2. The average molecular weight is 290 g/mol. The summed E-state index contributed by atoms with van der Waals surface area (Å²) < 4.78 is 42.5. The molecule has 1 rings (SSSR count). The number of benzene rings is 1. The molecule has 2 amide bonds. The van der Waals surface area contributed by atoms with Crippen LogP contribution in [-0.4, -0.2) is 25.2 Å². The Labute approximate surface area is 113 Å². The molecule has 1 aromatic carbocycles. The summed E-state index contributed by atoms with van der Waals surface area (Å²) in [5, 5.41) is 4.19. The van der Waals surface area contributed by atoms with Crippen LogP contribution in [0.15, 0.2) is 24.3 Å². The van der Waals surface area contributed by atoms with Gasteiger partial charge in [0.15, 0.2) is 0 Å². The van der Waals surface area contributed by atoms with Crippen molar-refractivity contribution in [2.75, 3.05) is 18.5 Å². The lowest BCUT2D eigenvalue weighted by Crippen LogP contribution is -2.33. The second kappa shape index (κ2) is 6.78. The summed E-state index contributed by atoms with van der Waals surface area (Å²) in [6.07, 6.45) is -5.38. The average Bonchev–Trinajstić information content (AvgIpc) is 2.36. The molecule has 20 heavy (non-hydrogen) atoms. The zero-order valence-electron chi connectivity index (χ0n) is 10.6. The normalized spacial score (nSPS) is 10.8. The van der Waals surface area contributed by atoms with Crippen LogP contribution in [0.25, 0.3) is 0 Å². The predicted octanol–water partition coefficient (Wildman–Crippen LogP) is 2.39. The summed E-state index contributed by atoms with van der Waals surface area (Å²) in [6.45, 7) is 1.23. The second-order valence-corrected chi connectivity index (χ2v) is 3.67. The van der Waals surface area contributed by atoms with E-state index in [1.807, 2.05) is 0 Å². The number of rotatable bonds is 4. The smallest absolute Gasteiger partial charge is 0.418 e. The molecule has 0 fully saturated rings. The minimum Gasteiger partial charge on any atom is -0.450 e. The molecule has 5 nitrogen and oxygen atoms in total. The van der Waals surface area contributed by atoms with E-state index in [9.17, 15) is 22.8 Å². The fraction of sp³-hybridized carbons (Fsp3) is 0.333. The topological polar surface area (TPSA) is 67.4 Å². The van der Waals surface area contributed by atoms with E-state index in [2.05, 4.69) is 15.4 Å². The SMILES string of the molecule is CCOC(=O)NCC(=O)Nc1ccccc1C(F)(F)F. The number of amides is 2. The molecule has 0 radical (unpaired) electrons. The van der Waals surface area contributed by atoms with E-state index in [0.29, 0.717) is 0 Å². The number of alkyl halides is 3. The van der Waals surface area contributed by atoms with Crippen LogP contribution in [0.5, 0.6) is 0 Å². The van der Waals surface area contributed by atoms with Crippen molar-refractivity contribution < 1.29 is 27.5 Å². The van der Waals surface area contributed by atoms with Gasteiger partial charge in [0.05, 0.1) is 17.9 Å². The molecule has 0 aliphatic rings. The maximum absolute atomic E-state index is 12.7. The highest BCUT2D eigenvalue weighted by molar-refractivity contribution is 5.94. The molecule has 2 N–H and O–H groups in total. The van der Waals surface area contributed by atoms with Crippen molar-refractivity contribution >= 4 is 17.7 Å². The molecule has 8 heteroatoms. The standard InChI is InChI=1S/C12H13F3N2O3/c1-2-20-11(19)16-7-10(18)17-9-6-4-3-5-8(9)12(13,14)15/h3-6H,2,7H2,1H3,(H,16,19)(H,17,18). The molecule has 0 aliphatic heterocycles. The molecule has 0 saturated carbocycles. The number of hydrogen-bond donors (Lipinski definition) is 2. The van der Waals surface area contributed by atoms with Crippen LogP contribution in [0.1, 0.15) is 12.5 Å². The van der Waals surface area contributed by atoms with Crippen molar-refractivity contribution in [3.8, 4) is 0 Å². The molecule has 0 atom stereocenters. The molecule has 110 valence electrons. The molecule has 0 heterocycles. The third-order valence-corrected chi connectivity index (χ3v) is 2.18. The lowest BCUT2D eigenvalue weighted by Gasteiger charge is -2.13. The lowest BCUT2D eigenvalue weighted by atomic mass is 10.1. The number of nitrogens with one attached hydrogen (secondary N) is 2. The Kier molecular flexibility index (Phi) is 5.36. The van der Waals surface area contributed by atoms with Gasteiger partial charge in [0.25, 0.3) is 0 Å². The molecule has 0 aliphatic carbocycles. The third-order valence-electron chi connectivity index (χ3n) is 2.18. The molecule has 0 spiro atoms. The van der Waals surface area contributed by atoms with Crippen molar-refractivity contribution in [2.45, 2.75) is 13.1 Å². The van der Waals surface area contributed by atoms with Gasteiger partial charge in [-0.05, 0) is 19.1 Å². The quantitative estimate of drug-likeness (QED) is 0.894. The van der Waals surface area contributed by atoms with Crippen molar-refractivity contribution in [1.82, 2.24) is 5.32 Å². The highest BCUT2D eigenvalue weighted by atomic mass is 19.4. The van der Waals surface area contributed by atoms with E-state index in [-0.39, 0.29) is 12.3 Å². The van der Waals surface area contributed by atoms with E-state index in [4.69, 9.17) is 0 Å². The van der Waals surface area contributed by atoms with Gasteiger partial charge in [0.2, 0.25) is 5.91 Å². The van der Waals surface area contributed by atoms with Gasteiger partial charge in [-0.2, -0.15) is 13.2 Å². The van der Waals surface area contributed by atoms with Gasteiger partial charge >= 0.3 is 12.3 Å². The summed E-state index contributed by atoms with van der Waals surface area (Å²) in [5.74, 6) is -0.783. The van der Waals surface area contributed by atoms with E-state index >= 15 is 0 Å². The number of alkyl carbamates (subject to hydrolysis) is 1. The van der Waals surface area contributed by atoms with Gasteiger partial charge in [0.1, 0.15) is 6.54 Å². The molecule has 0 unspecified atom stereocenters. The van der Waals surface area contributed by atoms with E-state index in [1.165, 1.54) is 12.1 Å². The summed E-state index contributed by atoms with van der Waals surface area (Å²) in [7, 11) is 0. The molecule has 1 aromatic rings. The minimum atomic E-state index is -4.57. The van der Waals surface area contributed by atoms with Crippen LogP contribution in [0.4, 0.5) is 23.7 Å². The highest BCUT2D eigenvalue weighted by Gasteiger charge is 2.33. The Bertz CT molecular complexity index is 489. The van der Waals surface area contributed by atoms with Gasteiger partial charge in [-0.25, -0.2) is 4.79 Å². The number of hydrogen-bond acceptors (Lipinski definition) is 3. The van der Waals surface area contributed by atoms with Gasteiger partial charge < -0.3 is 15.4 Å². The molecular weight excluding hydrogens is 277 g/mol.